The average molecular weight is 578 g/mol. The van der Waals surface area contributed by atoms with Crippen molar-refractivity contribution in [2.24, 2.45) is 0 Å². The highest BCUT2D eigenvalue weighted by Crippen LogP contribution is 2.33. The number of nitrogens with one attached hydrogen (secondary N) is 3. The van der Waals surface area contributed by atoms with Crippen LogP contribution in [0.5, 0.6) is 0 Å². The molecule has 0 aromatic rings. The van der Waals surface area contributed by atoms with Gasteiger partial charge in [0.15, 0.2) is 6.29 Å². The van der Waals surface area contributed by atoms with E-state index in [4.69, 9.17) is 18.9 Å². The predicted octanol–water partition coefficient (Wildman–Crippen LogP) is -0.945. The number of ketones is 1. The van der Waals surface area contributed by atoms with Crippen LogP contribution in [0.1, 0.15) is 45.4 Å². The summed E-state index contributed by atoms with van der Waals surface area (Å²) in [6.45, 7) is 2.24. The molecule has 0 bridgehead atoms. The quantitative estimate of drug-likeness (QED) is 0.0872. The maximum absolute atomic E-state index is 12.1. The predicted molar refractivity (Wildman–Crippen MR) is 141 cm³/mol. The Hall–Kier alpha value is -1.52. The van der Waals surface area contributed by atoms with Crippen LogP contribution in [-0.4, -0.2) is 126 Å². The number of hydrogen-bond donors (Lipinski definition) is 6. The first-order chi connectivity index (χ1) is 18.8. The van der Waals surface area contributed by atoms with Crippen LogP contribution in [0.25, 0.3) is 0 Å². The number of carbonyl (C=O) groups excluding carboxylic acids is 3. The minimum absolute atomic E-state index is 0.0720. The van der Waals surface area contributed by atoms with E-state index in [1.165, 1.54) is 6.92 Å². The molecular formula is C25H43N3O10S. The Kier molecular flexibility index (Phi) is 13.7. The normalized spacial score (nSPS) is 31.9. The second-order valence-corrected chi connectivity index (χ2v) is 11.3. The summed E-state index contributed by atoms with van der Waals surface area (Å²) < 4.78 is 22.0. The molecule has 3 saturated heterocycles. The molecule has 0 aromatic heterocycles. The maximum Gasteiger partial charge on any atom is 0.315 e. The van der Waals surface area contributed by atoms with Crippen molar-refractivity contribution < 1.29 is 48.7 Å². The number of fused-ring (bicyclic) bond motifs is 1. The van der Waals surface area contributed by atoms with E-state index in [-0.39, 0.29) is 37.1 Å². The van der Waals surface area contributed by atoms with Crippen LogP contribution in [0.4, 0.5) is 4.79 Å². The molecule has 13 nitrogen and oxygen atoms in total. The topological polar surface area (TPSA) is 185 Å². The summed E-state index contributed by atoms with van der Waals surface area (Å²) in [7, 11) is 0. The molecule has 39 heavy (non-hydrogen) atoms. The third kappa shape index (κ3) is 10.1. The van der Waals surface area contributed by atoms with Gasteiger partial charge in [0.05, 0.1) is 45.1 Å². The number of aliphatic hydroxyl groups excluding tert-OH is 3. The summed E-state index contributed by atoms with van der Waals surface area (Å²) in [5, 5.41) is 38.4. The third-order valence-corrected chi connectivity index (χ3v) is 8.52. The Balaban J connectivity index is 1.14. The molecule has 3 rings (SSSR count). The van der Waals surface area contributed by atoms with Gasteiger partial charge in [-0.15, -0.1) is 0 Å². The SMILES string of the molecule is CC(=O)NC1[C@@H](OCCOCCOCCCC(=O)CCCC[C@@H]2SC[C@@H]3NC(=O)N[C@@H]32)OC(CO)[C@@H](O)[C@@H]1O. The van der Waals surface area contributed by atoms with Crippen LogP contribution in [0.15, 0.2) is 0 Å². The van der Waals surface area contributed by atoms with E-state index in [2.05, 4.69) is 16.0 Å². The molecule has 0 aromatic carbocycles. The number of thioether (sulfide) groups is 1. The summed E-state index contributed by atoms with van der Waals surface area (Å²) in [6.07, 6.45) is -0.234. The van der Waals surface area contributed by atoms with Gasteiger partial charge in [0.1, 0.15) is 30.1 Å². The molecule has 3 amide bonds. The molecule has 14 heteroatoms. The van der Waals surface area contributed by atoms with E-state index >= 15 is 0 Å². The van der Waals surface area contributed by atoms with E-state index in [9.17, 15) is 29.7 Å². The zero-order valence-corrected chi connectivity index (χ0v) is 23.2. The smallest absolute Gasteiger partial charge is 0.315 e. The van der Waals surface area contributed by atoms with Gasteiger partial charge in [0.25, 0.3) is 0 Å². The minimum atomic E-state index is -1.36. The molecule has 3 aliphatic heterocycles. The van der Waals surface area contributed by atoms with Crippen LogP contribution in [0.3, 0.4) is 0 Å². The van der Waals surface area contributed by atoms with Crippen molar-refractivity contribution in [3.05, 3.63) is 0 Å². The summed E-state index contributed by atoms with van der Waals surface area (Å²) in [6, 6.07) is -0.612. The lowest BCUT2D eigenvalue weighted by atomic mass is 9.97. The first-order valence-corrected chi connectivity index (χ1v) is 14.7. The first kappa shape index (κ1) is 32.0. The van der Waals surface area contributed by atoms with Crippen LogP contribution in [0.2, 0.25) is 0 Å². The van der Waals surface area contributed by atoms with E-state index in [0.29, 0.717) is 44.3 Å². The van der Waals surface area contributed by atoms with Crippen molar-refractivity contribution in [3.8, 4) is 0 Å². The van der Waals surface area contributed by atoms with Crippen LogP contribution in [0, 0.1) is 0 Å². The fraction of sp³-hybridized carbons (Fsp3) is 0.880. The van der Waals surface area contributed by atoms with Crippen LogP contribution >= 0.6 is 11.8 Å². The highest BCUT2D eigenvalue weighted by atomic mass is 32.2. The second-order valence-electron chi connectivity index (χ2n) is 10.0. The Morgan fingerprint density at radius 3 is 2.49 bits per heavy atom. The number of urea groups is 1. The summed E-state index contributed by atoms with van der Waals surface area (Å²) in [5.41, 5.74) is 0. The Morgan fingerprint density at radius 2 is 1.74 bits per heavy atom. The molecule has 3 heterocycles. The molecule has 224 valence electrons. The molecular weight excluding hydrogens is 534 g/mol. The van der Waals surface area contributed by atoms with Gasteiger partial charge in [-0.1, -0.05) is 6.42 Å². The lowest BCUT2D eigenvalue weighted by Crippen LogP contribution is -2.64. The van der Waals surface area contributed by atoms with Gasteiger partial charge in [-0.3, -0.25) is 9.59 Å². The Labute approximate surface area is 233 Å². The zero-order chi connectivity index (χ0) is 28.2. The van der Waals surface area contributed by atoms with Gasteiger partial charge in [-0.25, -0.2) is 4.79 Å². The highest BCUT2D eigenvalue weighted by Gasteiger charge is 2.45. The summed E-state index contributed by atoms with van der Waals surface area (Å²) >= 11 is 1.89. The van der Waals surface area contributed by atoms with Gasteiger partial charge in [-0.05, 0) is 19.3 Å². The maximum atomic E-state index is 12.1. The van der Waals surface area contributed by atoms with Crippen molar-refractivity contribution in [2.75, 3.05) is 45.4 Å². The summed E-state index contributed by atoms with van der Waals surface area (Å²) in [4.78, 5) is 35.0. The van der Waals surface area contributed by atoms with E-state index in [1.54, 1.807) is 0 Å². The van der Waals surface area contributed by atoms with Gasteiger partial charge in [-0.2, -0.15) is 11.8 Å². The molecule has 0 aliphatic carbocycles. The number of ether oxygens (including phenoxy) is 4. The lowest BCUT2D eigenvalue weighted by Gasteiger charge is -2.42. The van der Waals surface area contributed by atoms with Crippen molar-refractivity contribution in [3.63, 3.8) is 0 Å². The largest absolute Gasteiger partial charge is 0.394 e. The monoisotopic (exact) mass is 577 g/mol. The van der Waals surface area contributed by atoms with Crippen molar-refractivity contribution >= 4 is 29.5 Å². The molecule has 0 radical (unpaired) electrons. The second kappa shape index (κ2) is 16.7. The van der Waals surface area contributed by atoms with Crippen molar-refractivity contribution in [1.82, 2.24) is 16.0 Å². The fourth-order valence-corrected chi connectivity index (χ4v) is 6.51. The molecule has 8 atom stereocenters. The van der Waals surface area contributed by atoms with Crippen molar-refractivity contribution in [2.45, 2.75) is 93.4 Å². The molecule has 0 saturated carbocycles. The van der Waals surface area contributed by atoms with Crippen LogP contribution in [-0.2, 0) is 28.5 Å². The van der Waals surface area contributed by atoms with Gasteiger partial charge < -0.3 is 50.2 Å². The highest BCUT2D eigenvalue weighted by molar-refractivity contribution is 8.00. The fourth-order valence-electron chi connectivity index (χ4n) is 4.97. The molecule has 6 N–H and O–H groups in total. The first-order valence-electron chi connectivity index (χ1n) is 13.7. The molecule has 0 spiro atoms. The summed E-state index contributed by atoms with van der Waals surface area (Å²) in [5.74, 6) is 0.768. The van der Waals surface area contributed by atoms with Gasteiger partial charge >= 0.3 is 6.03 Å². The van der Waals surface area contributed by atoms with E-state index in [0.717, 1.165) is 25.0 Å². The number of unbranched alkanes of at least 4 members (excludes halogenated alkanes) is 1. The van der Waals surface area contributed by atoms with Crippen LogP contribution < -0.4 is 16.0 Å². The van der Waals surface area contributed by atoms with Gasteiger partial charge in [0.2, 0.25) is 5.91 Å². The number of hydrogen-bond acceptors (Lipinski definition) is 11. The zero-order valence-electron chi connectivity index (χ0n) is 22.4. The third-order valence-electron chi connectivity index (χ3n) is 7.01. The Bertz CT molecular complexity index is 793. The standard InChI is InChI=1S/C25H43N3O10S/c1-15(30)26-21-23(33)22(32)18(13-29)38-24(21)37-12-11-36-10-9-35-8-4-6-16(31)5-2-3-7-19-20-17(14-39-19)27-25(34)28-20/h17-24,29,32-33H,2-14H2,1H3,(H,26,30)(H2,27,28,34)/t17-,18?,19-,20-,21?,22+,23+,24-/m0/s1. The number of rotatable bonds is 18. The number of carbonyl (C=O) groups is 3. The molecule has 3 fully saturated rings. The minimum Gasteiger partial charge on any atom is -0.394 e. The van der Waals surface area contributed by atoms with Crippen molar-refractivity contribution in [1.29, 1.82) is 0 Å². The number of Topliss-reactive ketones (excluding diaryl/α,β-unsaturated/α-hetero) is 1. The average Bonchev–Trinajstić information content (AvgIpc) is 3.45. The Morgan fingerprint density at radius 1 is 1.03 bits per heavy atom. The lowest BCUT2D eigenvalue weighted by molar-refractivity contribution is -0.272. The molecule has 2 unspecified atom stereocenters. The van der Waals surface area contributed by atoms with E-state index in [1.807, 2.05) is 11.8 Å². The van der Waals surface area contributed by atoms with Gasteiger partial charge in [0, 0.05) is 37.4 Å². The molecule has 3 aliphatic rings. The number of aliphatic hydroxyl groups is 3. The number of amides is 3. The van der Waals surface area contributed by atoms with E-state index < -0.39 is 43.2 Å².